The maximum absolute atomic E-state index is 12.9. The molecule has 3 rings (SSSR count). The molecule has 0 fully saturated rings. The van der Waals surface area contributed by atoms with Crippen LogP contribution in [0.3, 0.4) is 0 Å². The fourth-order valence-corrected chi connectivity index (χ4v) is 3.65. The van der Waals surface area contributed by atoms with Gasteiger partial charge in [-0.15, -0.1) is 0 Å². The number of aryl methyl sites for hydroxylation is 1. The highest BCUT2D eigenvalue weighted by molar-refractivity contribution is 5.91. The summed E-state index contributed by atoms with van der Waals surface area (Å²) >= 11 is 0. The quantitative estimate of drug-likeness (QED) is 0.340. The highest BCUT2D eigenvalue weighted by atomic mass is 16.5. The van der Waals surface area contributed by atoms with Crippen LogP contribution in [0.2, 0.25) is 0 Å². The van der Waals surface area contributed by atoms with E-state index in [9.17, 15) is 14.4 Å². The number of hydrogen-bond donors (Lipinski definition) is 3. The number of rotatable bonds is 12. The Hall–Kier alpha value is -3.97. The predicted molar refractivity (Wildman–Crippen MR) is 139 cm³/mol. The van der Waals surface area contributed by atoms with Gasteiger partial charge >= 0.3 is 5.97 Å². The Morgan fingerprint density at radius 2 is 1.28 bits per heavy atom. The summed E-state index contributed by atoms with van der Waals surface area (Å²) in [6, 6.07) is 25.9. The molecule has 7 nitrogen and oxygen atoms in total. The lowest BCUT2D eigenvalue weighted by Gasteiger charge is -2.22. The zero-order valence-corrected chi connectivity index (χ0v) is 20.4. The van der Waals surface area contributed by atoms with Crippen molar-refractivity contribution in [3.63, 3.8) is 0 Å². The number of benzene rings is 3. The largest absolute Gasteiger partial charge is 0.459 e. The standard InChI is InChI=1S/C29H33N3O4/c1-21(31-28(34)25(30)18-17-22-11-5-2-6-12-22)27(33)32-26(19-23-13-7-3-8-14-23)29(35)36-20-24-15-9-4-10-16-24/h2-16,21,25-26H,17-20,30H2,1H3,(H,31,34)(H,32,33)/t21?,25-,26-/m0/s1. The van der Waals surface area contributed by atoms with Gasteiger partial charge in [-0.1, -0.05) is 91.0 Å². The fourth-order valence-electron chi connectivity index (χ4n) is 3.65. The highest BCUT2D eigenvalue weighted by Gasteiger charge is 2.27. The fraction of sp³-hybridized carbons (Fsp3) is 0.276. The Bertz CT molecular complexity index is 1110. The van der Waals surface area contributed by atoms with Crippen LogP contribution in [0.4, 0.5) is 0 Å². The third-order valence-electron chi connectivity index (χ3n) is 5.78. The van der Waals surface area contributed by atoms with E-state index < -0.39 is 35.9 Å². The molecule has 7 heteroatoms. The molecule has 1 unspecified atom stereocenters. The number of amides is 2. The molecule has 3 aromatic carbocycles. The van der Waals surface area contributed by atoms with Crippen molar-refractivity contribution in [2.24, 2.45) is 5.73 Å². The van der Waals surface area contributed by atoms with Crippen LogP contribution in [0.5, 0.6) is 0 Å². The van der Waals surface area contributed by atoms with Crippen LogP contribution >= 0.6 is 0 Å². The van der Waals surface area contributed by atoms with Gasteiger partial charge in [0, 0.05) is 6.42 Å². The van der Waals surface area contributed by atoms with Crippen molar-refractivity contribution in [1.29, 1.82) is 0 Å². The van der Waals surface area contributed by atoms with Crippen molar-refractivity contribution in [1.82, 2.24) is 10.6 Å². The summed E-state index contributed by atoms with van der Waals surface area (Å²) in [6.45, 7) is 1.66. The summed E-state index contributed by atoms with van der Waals surface area (Å²) in [5.41, 5.74) is 8.85. The number of nitrogens with one attached hydrogen (secondary N) is 2. The topological polar surface area (TPSA) is 111 Å². The van der Waals surface area contributed by atoms with Crippen LogP contribution in [0.15, 0.2) is 91.0 Å². The first kappa shape index (κ1) is 26.6. The van der Waals surface area contributed by atoms with Gasteiger partial charge in [-0.05, 0) is 36.5 Å². The van der Waals surface area contributed by atoms with Crippen LogP contribution in [0.1, 0.15) is 30.0 Å². The highest BCUT2D eigenvalue weighted by Crippen LogP contribution is 2.08. The maximum atomic E-state index is 12.9. The van der Waals surface area contributed by atoms with Crippen molar-refractivity contribution < 1.29 is 19.1 Å². The van der Waals surface area contributed by atoms with Gasteiger partial charge in [0.15, 0.2) is 0 Å². The van der Waals surface area contributed by atoms with Gasteiger partial charge in [0.2, 0.25) is 11.8 Å². The first-order valence-corrected chi connectivity index (χ1v) is 12.1. The minimum absolute atomic E-state index is 0.101. The molecule has 0 radical (unpaired) electrons. The van der Waals surface area contributed by atoms with Crippen LogP contribution in [0, 0.1) is 0 Å². The van der Waals surface area contributed by atoms with Gasteiger partial charge < -0.3 is 21.1 Å². The summed E-state index contributed by atoms with van der Waals surface area (Å²) < 4.78 is 5.48. The number of hydrogen-bond acceptors (Lipinski definition) is 5. The van der Waals surface area contributed by atoms with Gasteiger partial charge in [-0.3, -0.25) is 9.59 Å². The first-order chi connectivity index (χ1) is 17.4. The average molecular weight is 488 g/mol. The number of nitrogens with two attached hydrogens (primary N) is 1. The molecule has 0 aliphatic carbocycles. The lowest BCUT2D eigenvalue weighted by atomic mass is 10.0. The molecule has 188 valence electrons. The van der Waals surface area contributed by atoms with Crippen LogP contribution in [-0.2, 0) is 38.6 Å². The Morgan fingerprint density at radius 1 is 0.750 bits per heavy atom. The molecule has 2 amide bonds. The van der Waals surface area contributed by atoms with E-state index in [1.165, 1.54) is 0 Å². The summed E-state index contributed by atoms with van der Waals surface area (Å²) in [5.74, 6) is -1.45. The van der Waals surface area contributed by atoms with E-state index in [1.54, 1.807) is 6.92 Å². The molecule has 0 aliphatic heterocycles. The number of esters is 1. The molecule has 0 heterocycles. The van der Waals surface area contributed by atoms with Crippen LogP contribution in [0.25, 0.3) is 0 Å². The molecule has 0 saturated carbocycles. The van der Waals surface area contributed by atoms with E-state index in [2.05, 4.69) is 10.6 Å². The molecule has 4 N–H and O–H groups in total. The zero-order valence-electron chi connectivity index (χ0n) is 20.4. The average Bonchev–Trinajstić information content (AvgIpc) is 2.91. The van der Waals surface area contributed by atoms with E-state index >= 15 is 0 Å². The second-order valence-corrected chi connectivity index (χ2v) is 8.71. The molecule has 3 aromatic rings. The molecule has 0 saturated heterocycles. The Morgan fingerprint density at radius 3 is 1.86 bits per heavy atom. The lowest BCUT2D eigenvalue weighted by Crippen LogP contribution is -2.54. The van der Waals surface area contributed by atoms with E-state index in [-0.39, 0.29) is 13.0 Å². The molecule has 0 spiro atoms. The van der Waals surface area contributed by atoms with Gasteiger partial charge in [-0.25, -0.2) is 4.79 Å². The summed E-state index contributed by atoms with van der Waals surface area (Å²) in [5, 5.41) is 5.39. The van der Waals surface area contributed by atoms with E-state index in [1.807, 2.05) is 91.0 Å². The smallest absolute Gasteiger partial charge is 0.329 e. The summed E-state index contributed by atoms with van der Waals surface area (Å²) in [4.78, 5) is 38.3. The van der Waals surface area contributed by atoms with E-state index in [0.717, 1.165) is 16.7 Å². The van der Waals surface area contributed by atoms with E-state index in [0.29, 0.717) is 12.8 Å². The van der Waals surface area contributed by atoms with Crippen molar-refractivity contribution in [3.8, 4) is 0 Å². The van der Waals surface area contributed by atoms with Crippen molar-refractivity contribution >= 4 is 17.8 Å². The predicted octanol–water partition coefficient (Wildman–Crippen LogP) is 2.92. The monoisotopic (exact) mass is 487 g/mol. The second kappa shape index (κ2) is 13.8. The van der Waals surface area contributed by atoms with E-state index in [4.69, 9.17) is 10.5 Å². The first-order valence-electron chi connectivity index (χ1n) is 12.1. The summed E-state index contributed by atoms with van der Waals surface area (Å²) in [7, 11) is 0. The second-order valence-electron chi connectivity index (χ2n) is 8.71. The summed E-state index contributed by atoms with van der Waals surface area (Å²) in [6.07, 6.45) is 1.37. The normalized spacial score (nSPS) is 13.2. The van der Waals surface area contributed by atoms with Gasteiger partial charge in [-0.2, -0.15) is 0 Å². The number of carbonyl (C=O) groups excluding carboxylic acids is 3. The molecule has 3 atom stereocenters. The zero-order chi connectivity index (χ0) is 25.8. The Labute approximate surface area is 212 Å². The van der Waals surface area contributed by atoms with Crippen LogP contribution in [-0.4, -0.2) is 35.9 Å². The van der Waals surface area contributed by atoms with Crippen molar-refractivity contribution in [2.45, 2.75) is 50.9 Å². The van der Waals surface area contributed by atoms with Crippen molar-refractivity contribution in [2.75, 3.05) is 0 Å². The van der Waals surface area contributed by atoms with Gasteiger partial charge in [0.1, 0.15) is 18.7 Å². The third-order valence-corrected chi connectivity index (χ3v) is 5.78. The minimum Gasteiger partial charge on any atom is -0.459 e. The Balaban J connectivity index is 1.56. The number of carbonyl (C=O) groups is 3. The molecular formula is C29H33N3O4. The molecule has 36 heavy (non-hydrogen) atoms. The van der Waals surface area contributed by atoms with Gasteiger partial charge in [0.25, 0.3) is 0 Å². The van der Waals surface area contributed by atoms with Crippen molar-refractivity contribution in [3.05, 3.63) is 108 Å². The minimum atomic E-state index is -0.908. The van der Waals surface area contributed by atoms with Gasteiger partial charge in [0.05, 0.1) is 6.04 Å². The Kier molecular flexibility index (Phi) is 10.2. The maximum Gasteiger partial charge on any atom is 0.329 e. The third kappa shape index (κ3) is 8.67. The number of ether oxygens (including phenoxy) is 1. The molecular weight excluding hydrogens is 454 g/mol. The molecule has 0 aromatic heterocycles. The molecule has 0 aliphatic rings. The van der Waals surface area contributed by atoms with Crippen LogP contribution < -0.4 is 16.4 Å². The lowest BCUT2D eigenvalue weighted by molar-refractivity contribution is -0.149. The SMILES string of the molecule is CC(NC(=O)[C@@H](N)CCc1ccccc1)C(=O)N[C@@H](Cc1ccccc1)C(=O)OCc1ccccc1. The molecule has 0 bridgehead atoms.